The first-order valence-electron chi connectivity index (χ1n) is 7.52. The lowest BCUT2D eigenvalue weighted by Gasteiger charge is -2.34. The highest BCUT2D eigenvalue weighted by Crippen LogP contribution is 2.30. The lowest BCUT2D eigenvalue weighted by molar-refractivity contribution is 0.253. The van der Waals surface area contributed by atoms with E-state index in [4.69, 9.17) is 0 Å². The van der Waals surface area contributed by atoms with Gasteiger partial charge in [-0.15, -0.1) is 0 Å². The summed E-state index contributed by atoms with van der Waals surface area (Å²) in [4.78, 5) is 0. The highest BCUT2D eigenvalue weighted by molar-refractivity contribution is 7.92. The van der Waals surface area contributed by atoms with E-state index in [9.17, 15) is 8.42 Å². The Morgan fingerprint density at radius 2 is 1.76 bits per heavy atom. The number of piperidine rings is 1. The average Bonchev–Trinajstić information content (AvgIpc) is 2.84. The van der Waals surface area contributed by atoms with Gasteiger partial charge in [0.15, 0.2) is 0 Å². The highest BCUT2D eigenvalue weighted by atomic mass is 32.2. The predicted molar refractivity (Wildman–Crippen MR) is 85.1 cm³/mol. The van der Waals surface area contributed by atoms with Crippen LogP contribution < -0.4 is 5.32 Å². The summed E-state index contributed by atoms with van der Waals surface area (Å²) >= 11 is 0. The minimum absolute atomic E-state index is 0.120. The molecule has 2 atom stereocenters. The van der Waals surface area contributed by atoms with Gasteiger partial charge in [-0.1, -0.05) is 30.3 Å². The maximum atomic E-state index is 12.5. The summed E-state index contributed by atoms with van der Waals surface area (Å²) in [6, 6.07) is 10.6. The summed E-state index contributed by atoms with van der Waals surface area (Å²) in [6.07, 6.45) is 5.86. The molecule has 2 bridgehead atoms. The molecule has 2 fully saturated rings. The van der Waals surface area contributed by atoms with Crippen molar-refractivity contribution in [2.75, 3.05) is 7.05 Å². The Balaban J connectivity index is 1.71. The van der Waals surface area contributed by atoms with Gasteiger partial charge >= 0.3 is 0 Å². The zero-order chi connectivity index (χ0) is 14.9. The molecule has 0 aliphatic carbocycles. The first kappa shape index (κ1) is 14.8. The molecule has 114 valence electrons. The van der Waals surface area contributed by atoms with Gasteiger partial charge in [-0.3, -0.25) is 0 Å². The van der Waals surface area contributed by atoms with Gasteiger partial charge < -0.3 is 5.32 Å². The Kier molecular flexibility index (Phi) is 4.15. The second-order valence-electron chi connectivity index (χ2n) is 6.04. The number of hydrogen-bond acceptors (Lipinski definition) is 3. The van der Waals surface area contributed by atoms with Gasteiger partial charge in [-0.25, -0.2) is 8.42 Å². The fourth-order valence-corrected chi connectivity index (χ4v) is 4.47. The molecule has 2 aliphatic rings. The molecule has 0 amide bonds. The molecule has 4 nitrogen and oxygen atoms in total. The van der Waals surface area contributed by atoms with Crippen molar-refractivity contribution in [1.29, 1.82) is 0 Å². The molecule has 2 unspecified atom stereocenters. The topological polar surface area (TPSA) is 49.4 Å². The van der Waals surface area contributed by atoms with E-state index in [0.29, 0.717) is 12.1 Å². The van der Waals surface area contributed by atoms with Crippen LogP contribution >= 0.6 is 0 Å². The Morgan fingerprint density at radius 3 is 2.38 bits per heavy atom. The minimum atomic E-state index is -3.35. The number of hydrogen-bond donors (Lipinski definition) is 1. The number of benzene rings is 1. The molecule has 3 rings (SSSR count). The van der Waals surface area contributed by atoms with Crippen LogP contribution in [0.1, 0.15) is 31.2 Å². The van der Waals surface area contributed by atoms with Crippen molar-refractivity contribution < 1.29 is 8.42 Å². The number of nitrogens with one attached hydrogen (secondary N) is 1. The average molecular weight is 306 g/mol. The van der Waals surface area contributed by atoms with Crippen LogP contribution in [0.15, 0.2) is 35.7 Å². The van der Waals surface area contributed by atoms with E-state index in [1.54, 1.807) is 17.4 Å². The fourth-order valence-electron chi connectivity index (χ4n) is 3.36. The molecular formula is C16H22N2O2S. The molecule has 0 saturated carbocycles. The molecular weight excluding hydrogens is 284 g/mol. The van der Waals surface area contributed by atoms with Crippen LogP contribution in [0.3, 0.4) is 0 Å². The van der Waals surface area contributed by atoms with E-state index in [1.165, 1.54) is 18.2 Å². The molecule has 1 aromatic carbocycles. The van der Waals surface area contributed by atoms with Crippen molar-refractivity contribution >= 4 is 16.1 Å². The van der Waals surface area contributed by atoms with E-state index < -0.39 is 10.0 Å². The zero-order valence-corrected chi connectivity index (χ0v) is 13.1. The maximum absolute atomic E-state index is 12.5. The van der Waals surface area contributed by atoms with Gasteiger partial charge in [0.2, 0.25) is 10.0 Å². The van der Waals surface area contributed by atoms with Crippen LogP contribution in [-0.4, -0.2) is 37.9 Å². The molecule has 1 aromatic rings. The normalized spacial score (nSPS) is 29.3. The summed E-state index contributed by atoms with van der Waals surface area (Å²) in [5, 5.41) is 4.87. The van der Waals surface area contributed by atoms with Gasteiger partial charge in [0.1, 0.15) is 0 Å². The number of nitrogens with zero attached hydrogens (tertiary/aromatic N) is 1. The largest absolute Gasteiger partial charge is 0.311 e. The van der Waals surface area contributed by atoms with Gasteiger partial charge in [-0.05, 0) is 37.3 Å². The summed E-state index contributed by atoms with van der Waals surface area (Å²) in [5.41, 5.74) is 0.903. The third kappa shape index (κ3) is 3.36. The van der Waals surface area contributed by atoms with E-state index in [2.05, 4.69) is 5.32 Å². The predicted octanol–water partition coefficient (Wildman–Crippen LogP) is 2.20. The van der Waals surface area contributed by atoms with Gasteiger partial charge in [-0.2, -0.15) is 4.31 Å². The first-order chi connectivity index (χ1) is 10.0. The van der Waals surface area contributed by atoms with Crippen LogP contribution in [0.5, 0.6) is 0 Å². The third-order valence-electron chi connectivity index (χ3n) is 4.60. The van der Waals surface area contributed by atoms with Crippen LogP contribution in [0, 0.1) is 0 Å². The maximum Gasteiger partial charge on any atom is 0.236 e. The van der Waals surface area contributed by atoms with Crippen molar-refractivity contribution in [3.63, 3.8) is 0 Å². The molecule has 2 aliphatic heterocycles. The monoisotopic (exact) mass is 306 g/mol. The lowest BCUT2D eigenvalue weighted by Crippen LogP contribution is -2.48. The SMILES string of the molecule is CN(C1CC2CCC(C1)N2)S(=O)(=O)C=Cc1ccccc1. The van der Waals surface area contributed by atoms with Gasteiger partial charge in [0, 0.05) is 30.6 Å². The van der Waals surface area contributed by atoms with Gasteiger partial charge in [0.25, 0.3) is 0 Å². The molecule has 2 heterocycles. The third-order valence-corrected chi connectivity index (χ3v) is 6.18. The molecule has 5 heteroatoms. The van der Waals surface area contributed by atoms with Crippen molar-refractivity contribution in [1.82, 2.24) is 9.62 Å². The van der Waals surface area contributed by atoms with Crippen molar-refractivity contribution in [3.8, 4) is 0 Å². The minimum Gasteiger partial charge on any atom is -0.311 e. The first-order valence-corrected chi connectivity index (χ1v) is 9.02. The van der Waals surface area contributed by atoms with Crippen LogP contribution in [0.25, 0.3) is 6.08 Å². The second kappa shape index (κ2) is 5.91. The quantitative estimate of drug-likeness (QED) is 0.928. The second-order valence-corrected chi connectivity index (χ2v) is 7.92. The standard InChI is InChI=1S/C16H22N2O2S/c1-18(16-11-14-7-8-15(12-16)17-14)21(19,20)10-9-13-5-3-2-4-6-13/h2-6,9-10,14-17H,7-8,11-12H2,1H3. The molecule has 0 radical (unpaired) electrons. The van der Waals surface area contributed by atoms with Crippen molar-refractivity contribution in [2.45, 2.75) is 43.8 Å². The summed E-state index contributed by atoms with van der Waals surface area (Å²) in [7, 11) is -1.64. The Bertz CT molecular complexity index is 600. The number of fused-ring (bicyclic) bond motifs is 2. The molecule has 2 saturated heterocycles. The van der Waals surface area contributed by atoms with Crippen molar-refractivity contribution in [2.24, 2.45) is 0 Å². The Morgan fingerprint density at radius 1 is 1.14 bits per heavy atom. The molecule has 0 spiro atoms. The van der Waals surface area contributed by atoms with E-state index in [-0.39, 0.29) is 6.04 Å². The van der Waals surface area contributed by atoms with E-state index >= 15 is 0 Å². The van der Waals surface area contributed by atoms with E-state index in [0.717, 1.165) is 18.4 Å². The molecule has 21 heavy (non-hydrogen) atoms. The summed E-state index contributed by atoms with van der Waals surface area (Å²) < 4.78 is 26.5. The molecule has 1 N–H and O–H groups in total. The van der Waals surface area contributed by atoms with Crippen LogP contribution in [-0.2, 0) is 10.0 Å². The van der Waals surface area contributed by atoms with Crippen LogP contribution in [0.4, 0.5) is 0 Å². The number of sulfonamides is 1. The van der Waals surface area contributed by atoms with E-state index in [1.807, 2.05) is 30.3 Å². The van der Waals surface area contributed by atoms with Gasteiger partial charge in [0.05, 0.1) is 0 Å². The van der Waals surface area contributed by atoms with Crippen LogP contribution in [0.2, 0.25) is 0 Å². The summed E-state index contributed by atoms with van der Waals surface area (Å²) in [5.74, 6) is 0. The highest BCUT2D eigenvalue weighted by Gasteiger charge is 2.37. The number of rotatable bonds is 4. The Hall–Kier alpha value is -1.17. The smallest absolute Gasteiger partial charge is 0.236 e. The Labute approximate surface area is 126 Å². The lowest BCUT2D eigenvalue weighted by atomic mass is 10.0. The zero-order valence-electron chi connectivity index (χ0n) is 12.3. The summed E-state index contributed by atoms with van der Waals surface area (Å²) in [6.45, 7) is 0. The molecule has 0 aromatic heterocycles. The fraction of sp³-hybridized carbons (Fsp3) is 0.500. The van der Waals surface area contributed by atoms with Crippen molar-refractivity contribution in [3.05, 3.63) is 41.3 Å².